The van der Waals surface area contributed by atoms with E-state index in [9.17, 15) is 8.42 Å². The third-order valence-electron chi connectivity index (χ3n) is 1.73. The molecule has 3 N–H and O–H groups in total. The molecule has 1 rings (SSSR count). The van der Waals surface area contributed by atoms with Gasteiger partial charge in [0, 0.05) is 6.20 Å². The van der Waals surface area contributed by atoms with Gasteiger partial charge in [-0.2, -0.15) is 5.26 Å². The zero-order chi connectivity index (χ0) is 11.5. The summed E-state index contributed by atoms with van der Waals surface area (Å²) in [5.74, 6) is 0.0413. The van der Waals surface area contributed by atoms with Crippen LogP contribution in [0.25, 0.3) is 0 Å². The summed E-state index contributed by atoms with van der Waals surface area (Å²) in [6, 6.07) is 4.73. The van der Waals surface area contributed by atoms with Crippen LogP contribution in [0.5, 0.6) is 0 Å². The van der Waals surface area contributed by atoms with Gasteiger partial charge < -0.3 is 5.73 Å². The van der Waals surface area contributed by atoms with Crippen LogP contribution in [0.1, 0.15) is 6.92 Å². The first-order valence-corrected chi connectivity index (χ1v) is 5.63. The van der Waals surface area contributed by atoms with E-state index in [1.807, 2.05) is 0 Å². The van der Waals surface area contributed by atoms with Crippen molar-refractivity contribution in [1.29, 1.82) is 5.26 Å². The largest absolute Gasteiger partial charge is 0.396 e. The normalized spacial score (nSPS) is 12.8. The Bertz CT molecular complexity index is 492. The number of anilines is 2. The molecule has 0 aliphatic carbocycles. The molecule has 15 heavy (non-hydrogen) atoms. The molecule has 1 aromatic rings. The van der Waals surface area contributed by atoms with Crippen molar-refractivity contribution in [3.63, 3.8) is 0 Å². The van der Waals surface area contributed by atoms with E-state index < -0.39 is 15.3 Å². The molecule has 0 aromatic carbocycles. The van der Waals surface area contributed by atoms with E-state index in [0.29, 0.717) is 0 Å². The van der Waals surface area contributed by atoms with Crippen LogP contribution in [0.4, 0.5) is 11.5 Å². The van der Waals surface area contributed by atoms with Crippen molar-refractivity contribution in [1.82, 2.24) is 4.98 Å². The SMILES string of the molecule is CC(C#N)S(=O)(=O)Nc1ncccc1N. The highest BCUT2D eigenvalue weighted by Gasteiger charge is 2.21. The molecular weight excluding hydrogens is 216 g/mol. The van der Waals surface area contributed by atoms with E-state index in [1.54, 1.807) is 12.1 Å². The molecule has 0 saturated carbocycles. The van der Waals surface area contributed by atoms with Crippen molar-refractivity contribution >= 4 is 21.5 Å². The average molecular weight is 226 g/mol. The van der Waals surface area contributed by atoms with Gasteiger partial charge in [-0.15, -0.1) is 0 Å². The standard InChI is InChI=1S/C8H10N4O2S/c1-6(5-9)15(13,14)12-8-7(10)3-2-4-11-8/h2-4,6H,10H2,1H3,(H,11,12). The maximum absolute atomic E-state index is 11.5. The minimum Gasteiger partial charge on any atom is -0.396 e. The van der Waals surface area contributed by atoms with Gasteiger partial charge in [-0.25, -0.2) is 13.4 Å². The minimum absolute atomic E-state index is 0.0413. The molecule has 7 heteroatoms. The number of nitrogens with two attached hydrogens (primary N) is 1. The van der Waals surface area contributed by atoms with Gasteiger partial charge in [0.25, 0.3) is 0 Å². The number of rotatable bonds is 3. The van der Waals surface area contributed by atoms with Crippen LogP contribution in [0.3, 0.4) is 0 Å². The summed E-state index contributed by atoms with van der Waals surface area (Å²) in [6.45, 7) is 1.28. The fraction of sp³-hybridized carbons (Fsp3) is 0.250. The number of hydrogen-bond acceptors (Lipinski definition) is 5. The first-order chi connectivity index (χ1) is 6.97. The lowest BCUT2D eigenvalue weighted by molar-refractivity contribution is 0.597. The van der Waals surface area contributed by atoms with Gasteiger partial charge in [0.1, 0.15) is 0 Å². The summed E-state index contributed by atoms with van der Waals surface area (Å²) in [5.41, 5.74) is 5.71. The zero-order valence-electron chi connectivity index (χ0n) is 8.01. The van der Waals surface area contributed by atoms with E-state index in [-0.39, 0.29) is 11.5 Å². The van der Waals surface area contributed by atoms with Gasteiger partial charge >= 0.3 is 0 Å². The topological polar surface area (TPSA) is 109 Å². The predicted octanol–water partition coefficient (Wildman–Crippen LogP) is 0.318. The van der Waals surface area contributed by atoms with Gasteiger partial charge in [-0.3, -0.25) is 4.72 Å². The fourth-order valence-corrected chi connectivity index (χ4v) is 1.55. The number of nitrogens with one attached hydrogen (secondary N) is 1. The number of nitriles is 1. The Morgan fingerprint density at radius 2 is 2.33 bits per heavy atom. The minimum atomic E-state index is -3.74. The second-order valence-corrected chi connectivity index (χ2v) is 4.86. The second-order valence-electron chi connectivity index (χ2n) is 2.86. The molecule has 6 nitrogen and oxygen atoms in total. The van der Waals surface area contributed by atoms with E-state index in [2.05, 4.69) is 9.71 Å². The Morgan fingerprint density at radius 1 is 1.67 bits per heavy atom. The molecule has 1 atom stereocenters. The van der Waals surface area contributed by atoms with Gasteiger partial charge in [-0.05, 0) is 19.1 Å². The summed E-state index contributed by atoms with van der Waals surface area (Å²) in [6.07, 6.45) is 1.41. The maximum atomic E-state index is 11.5. The molecule has 1 aromatic heterocycles. The molecular formula is C8H10N4O2S. The predicted molar refractivity (Wildman–Crippen MR) is 56.3 cm³/mol. The van der Waals surface area contributed by atoms with Gasteiger partial charge in [0.05, 0.1) is 11.8 Å². The molecule has 0 spiro atoms. The number of pyridine rings is 1. The van der Waals surface area contributed by atoms with E-state index in [4.69, 9.17) is 11.0 Å². The molecule has 0 aliphatic rings. The van der Waals surface area contributed by atoms with E-state index >= 15 is 0 Å². The highest BCUT2D eigenvalue weighted by atomic mass is 32.2. The Balaban J connectivity index is 2.98. The van der Waals surface area contributed by atoms with Gasteiger partial charge in [-0.1, -0.05) is 0 Å². The number of nitrogen functional groups attached to an aromatic ring is 1. The van der Waals surface area contributed by atoms with E-state index in [1.165, 1.54) is 19.2 Å². The smallest absolute Gasteiger partial charge is 0.250 e. The third-order valence-corrected chi connectivity index (χ3v) is 3.24. The lowest BCUT2D eigenvalue weighted by atomic mass is 10.4. The zero-order valence-corrected chi connectivity index (χ0v) is 8.82. The first kappa shape index (κ1) is 11.3. The van der Waals surface area contributed by atoms with Crippen molar-refractivity contribution < 1.29 is 8.42 Å². The van der Waals surface area contributed by atoms with Gasteiger partial charge in [0.2, 0.25) is 10.0 Å². The highest BCUT2D eigenvalue weighted by molar-refractivity contribution is 7.93. The highest BCUT2D eigenvalue weighted by Crippen LogP contribution is 2.16. The molecule has 0 saturated heterocycles. The van der Waals surface area contributed by atoms with Gasteiger partial charge in [0.15, 0.2) is 11.1 Å². The van der Waals surface area contributed by atoms with Crippen LogP contribution in [-0.4, -0.2) is 18.7 Å². The van der Waals surface area contributed by atoms with Crippen molar-refractivity contribution in [2.75, 3.05) is 10.5 Å². The molecule has 1 unspecified atom stereocenters. The van der Waals surface area contributed by atoms with Crippen LogP contribution in [-0.2, 0) is 10.0 Å². The fourth-order valence-electron chi connectivity index (χ4n) is 0.796. The molecule has 1 heterocycles. The summed E-state index contributed by atoms with van der Waals surface area (Å²) < 4.78 is 25.1. The second kappa shape index (κ2) is 4.14. The third kappa shape index (κ3) is 2.57. The van der Waals surface area contributed by atoms with Crippen LogP contribution in [0, 0.1) is 11.3 Å². The van der Waals surface area contributed by atoms with Crippen LogP contribution in [0.15, 0.2) is 18.3 Å². The van der Waals surface area contributed by atoms with Crippen molar-refractivity contribution in [2.45, 2.75) is 12.2 Å². The Hall–Kier alpha value is -1.81. The molecule has 0 fully saturated rings. The lowest BCUT2D eigenvalue weighted by Crippen LogP contribution is -2.24. The Labute approximate surface area is 87.8 Å². The van der Waals surface area contributed by atoms with Crippen LogP contribution in [0.2, 0.25) is 0 Å². The maximum Gasteiger partial charge on any atom is 0.250 e. The molecule has 0 amide bonds. The Morgan fingerprint density at radius 3 is 2.87 bits per heavy atom. The van der Waals surface area contributed by atoms with Crippen molar-refractivity contribution in [2.24, 2.45) is 0 Å². The molecule has 0 aliphatic heterocycles. The average Bonchev–Trinajstić information content (AvgIpc) is 2.20. The number of aromatic nitrogens is 1. The molecule has 80 valence electrons. The van der Waals surface area contributed by atoms with Crippen molar-refractivity contribution in [3.05, 3.63) is 18.3 Å². The monoisotopic (exact) mass is 226 g/mol. The summed E-state index contributed by atoms with van der Waals surface area (Å²) in [5, 5.41) is 7.34. The summed E-state index contributed by atoms with van der Waals surface area (Å²) in [7, 11) is -3.74. The Kier molecular flexibility index (Phi) is 3.11. The first-order valence-electron chi connectivity index (χ1n) is 4.09. The van der Waals surface area contributed by atoms with Crippen LogP contribution < -0.4 is 10.5 Å². The molecule has 0 radical (unpaired) electrons. The number of hydrogen-bond donors (Lipinski definition) is 2. The van der Waals surface area contributed by atoms with Crippen LogP contribution >= 0.6 is 0 Å². The quantitative estimate of drug-likeness (QED) is 0.771. The lowest BCUT2D eigenvalue weighted by Gasteiger charge is -2.09. The number of nitrogens with zero attached hydrogens (tertiary/aromatic N) is 2. The summed E-state index contributed by atoms with van der Waals surface area (Å²) >= 11 is 0. The van der Waals surface area contributed by atoms with Crippen molar-refractivity contribution in [3.8, 4) is 6.07 Å². The number of sulfonamides is 1. The molecule has 0 bridgehead atoms. The summed E-state index contributed by atoms with van der Waals surface area (Å²) in [4.78, 5) is 3.76. The van der Waals surface area contributed by atoms with E-state index in [0.717, 1.165) is 0 Å².